The molecule has 0 bridgehead atoms. The molecule has 0 aliphatic carbocycles. The zero-order chi connectivity index (χ0) is 8.10. The molecule has 1 aliphatic heterocycles. The zero-order valence-electron chi connectivity index (χ0n) is 7.30. The van der Waals surface area contributed by atoms with E-state index < -0.39 is 0 Å². The van der Waals surface area contributed by atoms with Gasteiger partial charge in [-0.1, -0.05) is 0 Å². The molecule has 0 aromatic carbocycles. The number of hydrogen-bond donors (Lipinski definition) is 0. The normalized spacial score (nSPS) is 25.9. The SMILES string of the molecule is CC(C)OCC1[C]OCCC1. The minimum Gasteiger partial charge on any atom is -0.378 e. The van der Waals surface area contributed by atoms with Crippen molar-refractivity contribution in [2.45, 2.75) is 32.8 Å². The van der Waals surface area contributed by atoms with Crippen LogP contribution in [-0.2, 0) is 9.47 Å². The average Bonchev–Trinajstić information content (AvgIpc) is 2.03. The van der Waals surface area contributed by atoms with Crippen LogP contribution in [0.2, 0.25) is 0 Å². The molecule has 1 saturated heterocycles. The Bertz CT molecular complexity index is 95.7. The molecule has 0 amide bonds. The van der Waals surface area contributed by atoms with Gasteiger partial charge in [-0.15, -0.1) is 0 Å². The fourth-order valence-corrected chi connectivity index (χ4v) is 1.06. The van der Waals surface area contributed by atoms with Crippen LogP contribution in [0.25, 0.3) is 0 Å². The second-order valence-electron chi connectivity index (χ2n) is 3.19. The molecule has 0 aromatic rings. The highest BCUT2D eigenvalue weighted by molar-refractivity contribution is 4.71. The van der Waals surface area contributed by atoms with Crippen LogP contribution in [0, 0.1) is 12.5 Å². The number of rotatable bonds is 3. The maximum absolute atomic E-state index is 5.44. The van der Waals surface area contributed by atoms with E-state index in [1.807, 2.05) is 13.8 Å². The van der Waals surface area contributed by atoms with Crippen LogP contribution in [0.5, 0.6) is 0 Å². The van der Waals surface area contributed by atoms with E-state index in [4.69, 9.17) is 9.47 Å². The highest BCUT2D eigenvalue weighted by atomic mass is 16.5. The molecule has 11 heavy (non-hydrogen) atoms. The van der Waals surface area contributed by atoms with Gasteiger partial charge in [0.15, 0.2) is 0 Å². The van der Waals surface area contributed by atoms with Crippen LogP contribution in [-0.4, -0.2) is 19.3 Å². The average molecular weight is 156 g/mol. The molecule has 2 radical (unpaired) electrons. The molecule has 1 rings (SSSR count). The quantitative estimate of drug-likeness (QED) is 0.621. The summed E-state index contributed by atoms with van der Waals surface area (Å²) in [5.74, 6) is 0.395. The summed E-state index contributed by atoms with van der Waals surface area (Å²) in [6.45, 7) is 8.63. The lowest BCUT2D eigenvalue weighted by atomic mass is 10.0. The Morgan fingerprint density at radius 3 is 3.00 bits per heavy atom. The first-order chi connectivity index (χ1) is 5.29. The summed E-state index contributed by atoms with van der Waals surface area (Å²) in [5.41, 5.74) is 0. The Morgan fingerprint density at radius 1 is 1.64 bits per heavy atom. The molecular weight excluding hydrogens is 140 g/mol. The van der Waals surface area contributed by atoms with Gasteiger partial charge in [-0.25, -0.2) is 0 Å². The molecule has 0 aromatic heterocycles. The van der Waals surface area contributed by atoms with Gasteiger partial charge in [-0.05, 0) is 26.7 Å². The van der Waals surface area contributed by atoms with Crippen molar-refractivity contribution in [3.8, 4) is 0 Å². The summed E-state index contributed by atoms with van der Waals surface area (Å²) in [6.07, 6.45) is 2.62. The van der Waals surface area contributed by atoms with Gasteiger partial charge in [0.1, 0.15) is 6.61 Å². The minimum atomic E-state index is 0.318. The highest BCUT2D eigenvalue weighted by Gasteiger charge is 2.15. The molecule has 1 atom stereocenters. The summed E-state index contributed by atoms with van der Waals surface area (Å²) >= 11 is 0. The second kappa shape index (κ2) is 4.73. The molecule has 0 N–H and O–H groups in total. The standard InChI is InChI=1S/C9H16O2/c1-8(2)11-7-9-4-3-5-10-6-9/h8-9H,3-5,7H2,1-2H3. The largest absolute Gasteiger partial charge is 0.378 e. The van der Waals surface area contributed by atoms with Crippen LogP contribution < -0.4 is 0 Å². The van der Waals surface area contributed by atoms with Crippen LogP contribution in [0.15, 0.2) is 0 Å². The molecule has 64 valence electrons. The van der Waals surface area contributed by atoms with E-state index in [0.717, 1.165) is 26.1 Å². The van der Waals surface area contributed by atoms with Gasteiger partial charge < -0.3 is 9.47 Å². The predicted octanol–water partition coefficient (Wildman–Crippen LogP) is 1.88. The smallest absolute Gasteiger partial charge is 0.137 e. The van der Waals surface area contributed by atoms with Crippen molar-refractivity contribution < 1.29 is 9.47 Å². The van der Waals surface area contributed by atoms with Crippen molar-refractivity contribution in [3.05, 3.63) is 6.61 Å². The van der Waals surface area contributed by atoms with Crippen molar-refractivity contribution >= 4 is 0 Å². The topological polar surface area (TPSA) is 18.5 Å². The van der Waals surface area contributed by atoms with Gasteiger partial charge in [0.2, 0.25) is 0 Å². The van der Waals surface area contributed by atoms with Crippen LogP contribution in [0.3, 0.4) is 0 Å². The third-order valence-electron chi connectivity index (χ3n) is 1.68. The van der Waals surface area contributed by atoms with E-state index >= 15 is 0 Å². The maximum atomic E-state index is 5.44. The fourth-order valence-electron chi connectivity index (χ4n) is 1.06. The highest BCUT2D eigenvalue weighted by Crippen LogP contribution is 2.17. The van der Waals surface area contributed by atoms with E-state index in [9.17, 15) is 0 Å². The predicted molar refractivity (Wildman–Crippen MR) is 43.0 cm³/mol. The third kappa shape index (κ3) is 3.73. The summed E-state index contributed by atoms with van der Waals surface area (Å²) in [4.78, 5) is 0. The van der Waals surface area contributed by atoms with E-state index in [1.54, 1.807) is 0 Å². The van der Waals surface area contributed by atoms with Gasteiger partial charge in [0.05, 0.1) is 12.7 Å². The molecule has 0 spiro atoms. The van der Waals surface area contributed by atoms with Crippen molar-refractivity contribution in [2.24, 2.45) is 5.92 Å². The first-order valence-corrected chi connectivity index (χ1v) is 4.28. The molecule has 1 fully saturated rings. The van der Waals surface area contributed by atoms with E-state index in [1.165, 1.54) is 0 Å². The Labute approximate surface area is 68.9 Å². The summed E-state index contributed by atoms with van der Waals surface area (Å²) in [5, 5.41) is 0. The van der Waals surface area contributed by atoms with Gasteiger partial charge in [0, 0.05) is 12.5 Å². The molecule has 1 unspecified atom stereocenters. The van der Waals surface area contributed by atoms with Gasteiger partial charge in [-0.2, -0.15) is 0 Å². The van der Waals surface area contributed by atoms with E-state index in [2.05, 4.69) is 6.61 Å². The van der Waals surface area contributed by atoms with Crippen molar-refractivity contribution in [2.75, 3.05) is 13.2 Å². The van der Waals surface area contributed by atoms with E-state index in [-0.39, 0.29) is 0 Å². The van der Waals surface area contributed by atoms with Gasteiger partial charge in [-0.3, -0.25) is 0 Å². The summed E-state index contributed by atoms with van der Waals surface area (Å²) in [7, 11) is 0. The Balaban J connectivity index is 2.05. The maximum Gasteiger partial charge on any atom is 0.137 e. The van der Waals surface area contributed by atoms with Crippen molar-refractivity contribution in [1.29, 1.82) is 0 Å². The van der Waals surface area contributed by atoms with Gasteiger partial charge >= 0.3 is 0 Å². The molecular formula is C9H16O2. The monoisotopic (exact) mass is 156 g/mol. The number of ether oxygens (including phenoxy) is 2. The van der Waals surface area contributed by atoms with Crippen LogP contribution in [0.4, 0.5) is 0 Å². The van der Waals surface area contributed by atoms with Crippen molar-refractivity contribution in [3.63, 3.8) is 0 Å². The van der Waals surface area contributed by atoms with Crippen molar-refractivity contribution in [1.82, 2.24) is 0 Å². The lowest BCUT2D eigenvalue weighted by Gasteiger charge is -2.21. The van der Waals surface area contributed by atoms with E-state index in [0.29, 0.717) is 12.0 Å². The molecule has 2 nitrogen and oxygen atoms in total. The fraction of sp³-hybridized carbons (Fsp3) is 0.889. The Kier molecular flexibility index (Phi) is 3.87. The molecule has 1 heterocycles. The van der Waals surface area contributed by atoms with Gasteiger partial charge in [0.25, 0.3) is 0 Å². The third-order valence-corrected chi connectivity index (χ3v) is 1.68. The zero-order valence-corrected chi connectivity index (χ0v) is 7.30. The lowest BCUT2D eigenvalue weighted by Crippen LogP contribution is -2.19. The first kappa shape index (κ1) is 9.01. The second-order valence-corrected chi connectivity index (χ2v) is 3.19. The summed E-state index contributed by atoms with van der Waals surface area (Å²) < 4.78 is 10.5. The molecule has 2 heteroatoms. The van der Waals surface area contributed by atoms with Crippen LogP contribution >= 0.6 is 0 Å². The molecule has 1 aliphatic rings. The van der Waals surface area contributed by atoms with Crippen LogP contribution in [0.1, 0.15) is 26.7 Å². The first-order valence-electron chi connectivity index (χ1n) is 4.28. The summed E-state index contributed by atoms with van der Waals surface area (Å²) in [6, 6.07) is 0. The lowest BCUT2D eigenvalue weighted by molar-refractivity contribution is 0.0180. The Morgan fingerprint density at radius 2 is 2.45 bits per heavy atom. The Hall–Kier alpha value is -0.0800. The molecule has 0 saturated carbocycles. The number of hydrogen-bond acceptors (Lipinski definition) is 2. The minimum absolute atomic E-state index is 0.318.